The second-order valence-corrected chi connectivity index (χ2v) is 3.74. The minimum atomic E-state index is -4.40. The summed E-state index contributed by atoms with van der Waals surface area (Å²) in [7, 11) is 0. The Morgan fingerprint density at radius 1 is 1.35 bits per heavy atom. The number of nitrogens with one attached hydrogen (secondary N) is 2. The predicted molar refractivity (Wildman–Crippen MR) is 57.1 cm³/mol. The molecule has 0 heterocycles. The van der Waals surface area contributed by atoms with Crippen LogP contribution in [-0.2, 0) is 9.63 Å². The van der Waals surface area contributed by atoms with Crippen molar-refractivity contribution in [2.45, 2.75) is 45.3 Å². The van der Waals surface area contributed by atoms with E-state index in [0.29, 0.717) is 6.54 Å². The molecule has 0 spiro atoms. The number of carbonyl (C=O) groups is 1. The van der Waals surface area contributed by atoms with Crippen LogP contribution in [0, 0.1) is 0 Å². The van der Waals surface area contributed by atoms with Gasteiger partial charge >= 0.3 is 6.18 Å². The fourth-order valence-electron chi connectivity index (χ4n) is 1.04. The highest BCUT2D eigenvalue weighted by molar-refractivity contribution is 5.81. The summed E-state index contributed by atoms with van der Waals surface area (Å²) in [6.45, 7) is 2.58. The normalized spacial score (nSPS) is 13.5. The molecule has 0 rings (SSSR count). The van der Waals surface area contributed by atoms with Crippen LogP contribution >= 0.6 is 0 Å². The van der Waals surface area contributed by atoms with Gasteiger partial charge in [0.1, 0.15) is 6.04 Å². The lowest BCUT2D eigenvalue weighted by atomic mass is 10.2. The number of hydrogen-bond donors (Lipinski definition) is 2. The number of alkyl halides is 3. The molecule has 0 saturated carbocycles. The molecule has 1 atom stereocenters. The summed E-state index contributed by atoms with van der Waals surface area (Å²) < 4.78 is 35.2. The summed E-state index contributed by atoms with van der Waals surface area (Å²) in [5.41, 5.74) is 2.05. The third kappa shape index (κ3) is 10.1. The van der Waals surface area contributed by atoms with Gasteiger partial charge < -0.3 is 5.32 Å². The average Bonchev–Trinajstić information content (AvgIpc) is 2.22. The number of carbonyl (C=O) groups excluding carboxylic acids is 1. The Labute approximate surface area is 98.8 Å². The van der Waals surface area contributed by atoms with Gasteiger partial charge in [0.2, 0.25) is 5.91 Å². The molecule has 4 nitrogen and oxygen atoms in total. The molecule has 102 valence electrons. The molecule has 1 amide bonds. The molecule has 0 bridgehead atoms. The van der Waals surface area contributed by atoms with Gasteiger partial charge in [0.25, 0.3) is 0 Å². The van der Waals surface area contributed by atoms with E-state index in [4.69, 9.17) is 0 Å². The Morgan fingerprint density at radius 3 is 2.53 bits per heavy atom. The van der Waals surface area contributed by atoms with Crippen molar-refractivity contribution in [1.29, 1.82) is 0 Å². The highest BCUT2D eigenvalue weighted by Gasteiger charge is 2.28. The van der Waals surface area contributed by atoms with E-state index in [1.807, 2.05) is 12.4 Å². The van der Waals surface area contributed by atoms with Crippen molar-refractivity contribution in [3.8, 4) is 0 Å². The van der Waals surface area contributed by atoms with Gasteiger partial charge in [-0.05, 0) is 13.3 Å². The topological polar surface area (TPSA) is 50.4 Å². The molecule has 0 aromatic carbocycles. The van der Waals surface area contributed by atoms with Crippen molar-refractivity contribution in [2.75, 3.05) is 13.2 Å². The zero-order chi connectivity index (χ0) is 13.3. The van der Waals surface area contributed by atoms with Gasteiger partial charge in [-0.25, -0.2) is 0 Å². The van der Waals surface area contributed by atoms with Gasteiger partial charge in [0.05, 0.1) is 0 Å². The maximum Gasteiger partial charge on any atom is 0.413 e. The first kappa shape index (κ1) is 16.2. The largest absolute Gasteiger partial charge is 0.413 e. The first-order valence-electron chi connectivity index (χ1n) is 5.58. The minimum Gasteiger partial charge on any atom is -0.355 e. The van der Waals surface area contributed by atoms with Crippen LogP contribution in [0.15, 0.2) is 0 Å². The van der Waals surface area contributed by atoms with Gasteiger partial charge in [-0.1, -0.05) is 19.8 Å². The van der Waals surface area contributed by atoms with E-state index in [1.54, 1.807) is 0 Å². The maximum atomic E-state index is 11.7. The third-order valence-corrected chi connectivity index (χ3v) is 1.97. The second-order valence-electron chi connectivity index (χ2n) is 3.74. The van der Waals surface area contributed by atoms with Crippen LogP contribution in [-0.4, -0.2) is 31.3 Å². The lowest BCUT2D eigenvalue weighted by molar-refractivity contribution is -0.193. The molecule has 2 N–H and O–H groups in total. The van der Waals surface area contributed by atoms with E-state index in [2.05, 4.69) is 10.2 Å². The van der Waals surface area contributed by atoms with E-state index >= 15 is 0 Å². The molecule has 0 radical (unpaired) electrons. The van der Waals surface area contributed by atoms with Crippen LogP contribution in [0.2, 0.25) is 0 Å². The van der Waals surface area contributed by atoms with Crippen molar-refractivity contribution in [2.24, 2.45) is 0 Å². The van der Waals surface area contributed by atoms with E-state index < -0.39 is 18.8 Å². The molecule has 0 aliphatic rings. The minimum absolute atomic E-state index is 0.372. The Bertz CT molecular complexity index is 222. The monoisotopic (exact) mass is 256 g/mol. The molecule has 0 aromatic heterocycles. The summed E-state index contributed by atoms with van der Waals surface area (Å²) in [6, 6.07) is -0.807. The Balaban J connectivity index is 3.60. The zero-order valence-corrected chi connectivity index (χ0v) is 10.1. The summed E-state index contributed by atoms with van der Waals surface area (Å²) >= 11 is 0. The number of amides is 1. The summed E-state index contributed by atoms with van der Waals surface area (Å²) in [5.74, 6) is -0.372. The standard InChI is InChI=1S/C10H19F3N2O2/c1-3-4-5-6-14-9(16)8(2)15-17-7-10(11,12)13/h8,15H,3-7H2,1-2H3,(H,14,16). The van der Waals surface area contributed by atoms with Crippen LogP contribution in [0.3, 0.4) is 0 Å². The average molecular weight is 256 g/mol. The SMILES string of the molecule is CCCCCNC(=O)C(C)NOCC(F)(F)F. The predicted octanol–water partition coefficient (Wildman–Crippen LogP) is 1.76. The molecule has 0 saturated heterocycles. The van der Waals surface area contributed by atoms with Gasteiger partial charge in [0, 0.05) is 6.54 Å². The molecule has 0 aliphatic carbocycles. The fourth-order valence-corrected chi connectivity index (χ4v) is 1.04. The second kappa shape index (κ2) is 8.30. The molecule has 0 aromatic rings. The Hall–Kier alpha value is -0.820. The highest BCUT2D eigenvalue weighted by atomic mass is 19.4. The van der Waals surface area contributed by atoms with Crippen molar-refractivity contribution >= 4 is 5.91 Å². The van der Waals surface area contributed by atoms with Crippen LogP contribution in [0.5, 0.6) is 0 Å². The Kier molecular flexibility index (Phi) is 7.90. The van der Waals surface area contributed by atoms with Crippen LogP contribution < -0.4 is 10.8 Å². The Morgan fingerprint density at radius 2 is 2.00 bits per heavy atom. The molecule has 1 unspecified atom stereocenters. The van der Waals surface area contributed by atoms with Crippen LogP contribution in [0.4, 0.5) is 13.2 Å². The molecule has 0 aliphatic heterocycles. The fraction of sp³-hybridized carbons (Fsp3) is 0.900. The van der Waals surface area contributed by atoms with E-state index in [1.165, 1.54) is 6.92 Å². The van der Waals surface area contributed by atoms with Gasteiger partial charge in [-0.2, -0.15) is 18.7 Å². The number of unbranched alkanes of at least 4 members (excludes halogenated alkanes) is 2. The molecular formula is C10H19F3N2O2. The molecule has 7 heteroatoms. The highest BCUT2D eigenvalue weighted by Crippen LogP contribution is 2.13. The number of halogens is 3. The molecule has 17 heavy (non-hydrogen) atoms. The van der Waals surface area contributed by atoms with E-state index in [-0.39, 0.29) is 5.91 Å². The summed E-state index contributed by atoms with van der Waals surface area (Å²) in [6.07, 6.45) is -1.49. The first-order valence-corrected chi connectivity index (χ1v) is 5.58. The van der Waals surface area contributed by atoms with Crippen LogP contribution in [0.25, 0.3) is 0 Å². The number of hydroxylamine groups is 1. The summed E-state index contributed by atoms with van der Waals surface area (Å²) in [5, 5.41) is 2.60. The third-order valence-electron chi connectivity index (χ3n) is 1.97. The van der Waals surface area contributed by atoms with Crippen molar-refractivity contribution in [1.82, 2.24) is 10.8 Å². The van der Waals surface area contributed by atoms with E-state index in [9.17, 15) is 18.0 Å². The smallest absolute Gasteiger partial charge is 0.355 e. The lowest BCUT2D eigenvalue weighted by Gasteiger charge is -2.14. The zero-order valence-electron chi connectivity index (χ0n) is 10.1. The van der Waals surface area contributed by atoms with Crippen molar-refractivity contribution in [3.63, 3.8) is 0 Å². The quantitative estimate of drug-likeness (QED) is 0.514. The molecule has 0 fully saturated rings. The van der Waals surface area contributed by atoms with Gasteiger partial charge in [-0.15, -0.1) is 0 Å². The van der Waals surface area contributed by atoms with Crippen molar-refractivity contribution in [3.05, 3.63) is 0 Å². The number of hydrogen-bond acceptors (Lipinski definition) is 3. The van der Waals surface area contributed by atoms with Crippen molar-refractivity contribution < 1.29 is 22.8 Å². The summed E-state index contributed by atoms with van der Waals surface area (Å²) in [4.78, 5) is 15.5. The number of rotatable bonds is 8. The molecular weight excluding hydrogens is 237 g/mol. The van der Waals surface area contributed by atoms with Gasteiger partial charge in [-0.3, -0.25) is 9.63 Å². The lowest BCUT2D eigenvalue weighted by Crippen LogP contribution is -2.43. The van der Waals surface area contributed by atoms with Crippen LogP contribution in [0.1, 0.15) is 33.1 Å². The van der Waals surface area contributed by atoms with E-state index in [0.717, 1.165) is 19.3 Å². The van der Waals surface area contributed by atoms with Gasteiger partial charge in [0.15, 0.2) is 6.61 Å². The first-order chi connectivity index (χ1) is 7.87. The maximum absolute atomic E-state index is 11.7.